The van der Waals surface area contributed by atoms with Crippen LogP contribution >= 0.6 is 0 Å². The maximum atomic E-state index is 0. The van der Waals surface area contributed by atoms with E-state index in [-0.39, 0.29) is 45.0 Å². The smallest absolute Gasteiger partial charge is 0 e. The van der Waals surface area contributed by atoms with Gasteiger partial charge in [-0.1, -0.05) is 0 Å². The quantitative estimate of drug-likeness (QED) is 0.315. The average Bonchev–Trinajstić information content (AvgIpc) is 0. The van der Waals surface area contributed by atoms with Crippen molar-refractivity contribution in [2.45, 2.75) is 0 Å². The van der Waals surface area contributed by atoms with Gasteiger partial charge in [0.15, 0.2) is 0 Å². The molecular formula is H10GeO5. The molecule has 6 heavy (non-hydrogen) atoms. The van der Waals surface area contributed by atoms with Gasteiger partial charge >= 0.3 is 0 Å². The minimum Gasteiger partial charge on any atom is -0.412 e. The fraction of sp³-hybridized carbons (Fsp3) is 0. The summed E-state index contributed by atoms with van der Waals surface area (Å²) in [5, 5.41) is 0. The van der Waals surface area contributed by atoms with Gasteiger partial charge in [-0.25, -0.2) is 0 Å². The minimum absolute atomic E-state index is 0. The van der Waals surface area contributed by atoms with Gasteiger partial charge in [0.2, 0.25) is 0 Å². The van der Waals surface area contributed by atoms with Crippen molar-refractivity contribution in [3.8, 4) is 0 Å². The number of hydrogen-bond acceptors (Lipinski definition) is 0. The molecule has 0 fully saturated rings. The summed E-state index contributed by atoms with van der Waals surface area (Å²) in [4.78, 5) is 0. The van der Waals surface area contributed by atoms with E-state index in [1.807, 2.05) is 0 Å². The monoisotopic (exact) mass is 164 g/mol. The summed E-state index contributed by atoms with van der Waals surface area (Å²) < 4.78 is 0. The van der Waals surface area contributed by atoms with Crippen LogP contribution in [-0.2, 0) is 0 Å². The van der Waals surface area contributed by atoms with Crippen molar-refractivity contribution in [1.29, 1.82) is 0 Å². The van der Waals surface area contributed by atoms with Crippen molar-refractivity contribution >= 4 is 17.6 Å². The minimum atomic E-state index is 0. The first-order valence-electron chi connectivity index (χ1n) is 0. The summed E-state index contributed by atoms with van der Waals surface area (Å²) in [6, 6.07) is 0. The molecule has 0 rings (SSSR count). The van der Waals surface area contributed by atoms with Crippen LogP contribution in [0.2, 0.25) is 0 Å². The van der Waals surface area contributed by atoms with Crippen LogP contribution in [0.3, 0.4) is 0 Å². The number of hydrogen-bond donors (Lipinski definition) is 0. The first-order chi connectivity index (χ1) is 0. The predicted octanol–water partition coefficient (Wildman–Crippen LogP) is -4.50. The summed E-state index contributed by atoms with van der Waals surface area (Å²) in [6.07, 6.45) is 0. The van der Waals surface area contributed by atoms with E-state index in [0.29, 0.717) is 0 Å². The van der Waals surface area contributed by atoms with Crippen LogP contribution in [0.4, 0.5) is 0 Å². The summed E-state index contributed by atoms with van der Waals surface area (Å²) in [6.45, 7) is 0. The van der Waals surface area contributed by atoms with Crippen LogP contribution < -0.4 is 0 Å². The Bertz CT molecular complexity index is 3.90. The third-order valence-corrected chi connectivity index (χ3v) is 0. The Morgan fingerprint density at radius 1 is 0.333 bits per heavy atom. The second-order valence-corrected chi connectivity index (χ2v) is 0. The maximum Gasteiger partial charge on any atom is 0 e. The van der Waals surface area contributed by atoms with Gasteiger partial charge in [-0.15, -0.1) is 0 Å². The standard InChI is InChI=1S/Ge.5H2O/h;5*1H2. The van der Waals surface area contributed by atoms with Crippen molar-refractivity contribution in [2.24, 2.45) is 0 Å². The molecule has 6 heteroatoms. The molecule has 0 amide bonds. The van der Waals surface area contributed by atoms with Crippen LogP contribution in [0.5, 0.6) is 0 Å². The van der Waals surface area contributed by atoms with Crippen LogP contribution in [0.25, 0.3) is 0 Å². The Balaban J connectivity index is 0. The molecule has 44 valence electrons. The average molecular weight is 163 g/mol. The zero-order valence-electron chi connectivity index (χ0n) is 3.00. The van der Waals surface area contributed by atoms with Gasteiger partial charge in [0.1, 0.15) is 0 Å². The Morgan fingerprint density at radius 3 is 0.333 bits per heavy atom. The normalized spacial score (nSPS) is 0. The molecule has 0 unspecified atom stereocenters. The topological polar surface area (TPSA) is 158 Å². The molecule has 0 heterocycles. The van der Waals surface area contributed by atoms with Crippen molar-refractivity contribution < 1.29 is 27.4 Å². The van der Waals surface area contributed by atoms with E-state index in [9.17, 15) is 0 Å². The molecule has 4 radical (unpaired) electrons. The molecule has 0 bridgehead atoms. The fourth-order valence-electron chi connectivity index (χ4n) is 0. The SMILES string of the molecule is O.O.O.O.O.[Ge]. The molecule has 0 spiro atoms. The molecule has 0 aliphatic heterocycles. The zero-order valence-corrected chi connectivity index (χ0v) is 5.10. The maximum absolute atomic E-state index is 0. The number of rotatable bonds is 0. The third kappa shape index (κ3) is 413. The summed E-state index contributed by atoms with van der Waals surface area (Å²) in [5.74, 6) is 0. The van der Waals surface area contributed by atoms with Crippen molar-refractivity contribution in [3.63, 3.8) is 0 Å². The van der Waals surface area contributed by atoms with Crippen LogP contribution in [0.1, 0.15) is 0 Å². The Kier molecular flexibility index (Phi) is 220000. The molecule has 0 aromatic rings. The van der Waals surface area contributed by atoms with E-state index in [1.54, 1.807) is 0 Å². The van der Waals surface area contributed by atoms with Gasteiger partial charge in [-0.3, -0.25) is 0 Å². The molecule has 0 aromatic carbocycles. The Morgan fingerprint density at radius 2 is 0.333 bits per heavy atom. The van der Waals surface area contributed by atoms with Gasteiger partial charge in [0.05, 0.1) is 0 Å². The largest absolute Gasteiger partial charge is 0.412 e. The van der Waals surface area contributed by atoms with E-state index in [2.05, 4.69) is 0 Å². The molecule has 0 atom stereocenters. The second-order valence-electron chi connectivity index (χ2n) is 0. The van der Waals surface area contributed by atoms with Crippen molar-refractivity contribution in [3.05, 3.63) is 0 Å². The Hall–Kier alpha value is 0.343. The third-order valence-electron chi connectivity index (χ3n) is 0. The van der Waals surface area contributed by atoms with E-state index >= 15 is 0 Å². The molecule has 10 N–H and O–H groups in total. The molecule has 5 nitrogen and oxygen atoms in total. The molecule has 0 aliphatic rings. The van der Waals surface area contributed by atoms with Gasteiger partial charge in [-0.2, -0.15) is 0 Å². The van der Waals surface area contributed by atoms with Gasteiger partial charge in [0, 0.05) is 17.6 Å². The van der Waals surface area contributed by atoms with Gasteiger partial charge in [0.25, 0.3) is 0 Å². The van der Waals surface area contributed by atoms with E-state index in [4.69, 9.17) is 0 Å². The van der Waals surface area contributed by atoms with Crippen molar-refractivity contribution in [2.75, 3.05) is 0 Å². The molecular weight excluding hydrogens is 153 g/mol. The van der Waals surface area contributed by atoms with Crippen molar-refractivity contribution in [1.82, 2.24) is 0 Å². The fourth-order valence-corrected chi connectivity index (χ4v) is 0. The summed E-state index contributed by atoms with van der Waals surface area (Å²) >= 11 is 0. The molecule has 0 aromatic heterocycles. The molecule has 0 saturated carbocycles. The van der Waals surface area contributed by atoms with E-state index < -0.39 is 0 Å². The molecule has 0 aliphatic carbocycles. The van der Waals surface area contributed by atoms with E-state index in [1.165, 1.54) is 0 Å². The van der Waals surface area contributed by atoms with E-state index in [0.717, 1.165) is 0 Å². The molecule has 0 saturated heterocycles. The first-order valence-corrected chi connectivity index (χ1v) is 0. The van der Waals surface area contributed by atoms with Crippen LogP contribution in [0, 0.1) is 0 Å². The van der Waals surface area contributed by atoms with Gasteiger partial charge < -0.3 is 27.4 Å². The summed E-state index contributed by atoms with van der Waals surface area (Å²) in [7, 11) is 0. The van der Waals surface area contributed by atoms with Crippen LogP contribution in [-0.4, -0.2) is 45.0 Å². The van der Waals surface area contributed by atoms with Crippen LogP contribution in [0.15, 0.2) is 0 Å². The summed E-state index contributed by atoms with van der Waals surface area (Å²) in [5.41, 5.74) is 0. The van der Waals surface area contributed by atoms with Gasteiger partial charge in [-0.05, 0) is 0 Å². The Labute approximate surface area is 45.9 Å². The first kappa shape index (κ1) is 1540. The second kappa shape index (κ2) is 857. The zero-order chi connectivity index (χ0) is 0. The predicted molar refractivity (Wildman–Crippen MR) is 23.8 cm³/mol.